The van der Waals surface area contributed by atoms with Crippen molar-refractivity contribution in [3.8, 4) is 5.75 Å². The first kappa shape index (κ1) is 11.9. The standard InChI is InChI=1S/C13H12N4OS/c1-14-13-11(16-17-19-13)8-18-12-6-2-5-10-9(12)4-3-7-15-10/h2-7,14H,8H2,1H3. The van der Waals surface area contributed by atoms with Gasteiger partial charge in [0, 0.05) is 30.2 Å². The van der Waals surface area contributed by atoms with Crippen LogP contribution in [0.1, 0.15) is 5.69 Å². The summed E-state index contributed by atoms with van der Waals surface area (Å²) in [6.45, 7) is 0.390. The molecule has 6 heteroatoms. The Hall–Kier alpha value is -2.21. The van der Waals surface area contributed by atoms with Gasteiger partial charge < -0.3 is 10.1 Å². The van der Waals surface area contributed by atoms with E-state index in [1.54, 1.807) is 6.20 Å². The van der Waals surface area contributed by atoms with E-state index in [0.29, 0.717) is 6.61 Å². The van der Waals surface area contributed by atoms with Crippen molar-refractivity contribution in [2.45, 2.75) is 6.61 Å². The number of benzene rings is 1. The van der Waals surface area contributed by atoms with Gasteiger partial charge in [-0.15, -0.1) is 5.10 Å². The van der Waals surface area contributed by atoms with Crippen LogP contribution < -0.4 is 10.1 Å². The molecule has 0 spiro atoms. The quantitative estimate of drug-likeness (QED) is 0.791. The summed E-state index contributed by atoms with van der Waals surface area (Å²) in [5.41, 5.74) is 1.73. The van der Waals surface area contributed by atoms with Gasteiger partial charge in [-0.25, -0.2) is 0 Å². The first-order valence-corrected chi connectivity index (χ1v) is 6.61. The van der Waals surface area contributed by atoms with Crippen LogP contribution in [-0.4, -0.2) is 21.6 Å². The molecule has 2 heterocycles. The van der Waals surface area contributed by atoms with Crippen molar-refractivity contribution in [2.75, 3.05) is 12.4 Å². The Labute approximate surface area is 114 Å². The fourth-order valence-corrected chi connectivity index (χ4v) is 2.36. The van der Waals surface area contributed by atoms with Gasteiger partial charge in [-0.05, 0) is 24.3 Å². The minimum absolute atomic E-state index is 0.390. The van der Waals surface area contributed by atoms with E-state index in [4.69, 9.17) is 4.74 Å². The van der Waals surface area contributed by atoms with Crippen LogP contribution in [0.2, 0.25) is 0 Å². The molecular formula is C13H12N4OS. The summed E-state index contributed by atoms with van der Waals surface area (Å²) in [4.78, 5) is 4.30. The van der Waals surface area contributed by atoms with Crippen molar-refractivity contribution in [3.05, 3.63) is 42.2 Å². The number of aromatic nitrogens is 3. The molecule has 1 N–H and O–H groups in total. The van der Waals surface area contributed by atoms with Crippen LogP contribution in [0.4, 0.5) is 5.00 Å². The third-order valence-corrected chi connectivity index (χ3v) is 3.54. The molecule has 0 atom stereocenters. The minimum Gasteiger partial charge on any atom is -0.486 e. The molecule has 19 heavy (non-hydrogen) atoms. The maximum absolute atomic E-state index is 5.83. The lowest BCUT2D eigenvalue weighted by molar-refractivity contribution is 0.305. The van der Waals surface area contributed by atoms with Crippen molar-refractivity contribution < 1.29 is 4.74 Å². The zero-order chi connectivity index (χ0) is 13.1. The van der Waals surface area contributed by atoms with Crippen molar-refractivity contribution in [3.63, 3.8) is 0 Å². The van der Waals surface area contributed by atoms with E-state index in [1.165, 1.54) is 11.5 Å². The summed E-state index contributed by atoms with van der Waals surface area (Å²) in [6, 6.07) is 9.73. The summed E-state index contributed by atoms with van der Waals surface area (Å²) in [6.07, 6.45) is 1.77. The smallest absolute Gasteiger partial charge is 0.136 e. The fourth-order valence-electron chi connectivity index (χ4n) is 1.84. The second kappa shape index (κ2) is 5.19. The van der Waals surface area contributed by atoms with Gasteiger partial charge in [-0.3, -0.25) is 4.98 Å². The highest BCUT2D eigenvalue weighted by molar-refractivity contribution is 7.10. The lowest BCUT2D eigenvalue weighted by atomic mass is 10.2. The van der Waals surface area contributed by atoms with E-state index in [2.05, 4.69) is 19.9 Å². The monoisotopic (exact) mass is 272 g/mol. The molecule has 0 saturated heterocycles. The third-order valence-electron chi connectivity index (χ3n) is 2.75. The first-order chi connectivity index (χ1) is 9.38. The van der Waals surface area contributed by atoms with Gasteiger partial charge >= 0.3 is 0 Å². The van der Waals surface area contributed by atoms with Gasteiger partial charge in [0.1, 0.15) is 23.1 Å². The molecule has 0 aliphatic heterocycles. The molecule has 5 nitrogen and oxygen atoms in total. The molecule has 0 amide bonds. The average Bonchev–Trinajstić information content (AvgIpc) is 2.92. The van der Waals surface area contributed by atoms with Gasteiger partial charge in [0.25, 0.3) is 0 Å². The second-order valence-corrected chi connectivity index (χ2v) is 4.67. The molecule has 1 aromatic carbocycles. The SMILES string of the molecule is CNc1snnc1COc1cccc2ncccc12. The minimum atomic E-state index is 0.390. The molecule has 2 aromatic heterocycles. The van der Waals surface area contributed by atoms with E-state index >= 15 is 0 Å². The van der Waals surface area contributed by atoms with Crippen LogP contribution in [0.15, 0.2) is 36.5 Å². The van der Waals surface area contributed by atoms with Crippen LogP contribution in [0.5, 0.6) is 5.75 Å². The highest BCUT2D eigenvalue weighted by Gasteiger charge is 2.08. The number of ether oxygens (including phenoxy) is 1. The van der Waals surface area contributed by atoms with E-state index in [9.17, 15) is 0 Å². The van der Waals surface area contributed by atoms with Crippen molar-refractivity contribution in [1.29, 1.82) is 0 Å². The average molecular weight is 272 g/mol. The Kier molecular flexibility index (Phi) is 3.24. The van der Waals surface area contributed by atoms with E-state index in [-0.39, 0.29) is 0 Å². The number of hydrogen-bond donors (Lipinski definition) is 1. The predicted octanol–water partition coefficient (Wildman–Crippen LogP) is 2.71. The molecule has 96 valence electrons. The van der Waals surface area contributed by atoms with Crippen LogP contribution in [0, 0.1) is 0 Å². The predicted molar refractivity (Wildman–Crippen MR) is 75.5 cm³/mol. The zero-order valence-electron chi connectivity index (χ0n) is 10.3. The van der Waals surface area contributed by atoms with Crippen LogP contribution >= 0.6 is 11.5 Å². The molecule has 0 aliphatic carbocycles. The summed E-state index contributed by atoms with van der Waals surface area (Å²) in [5.74, 6) is 0.806. The number of pyridine rings is 1. The van der Waals surface area contributed by atoms with Gasteiger partial charge in [0.05, 0.1) is 5.52 Å². The number of anilines is 1. The Morgan fingerprint density at radius 3 is 3.11 bits per heavy atom. The summed E-state index contributed by atoms with van der Waals surface area (Å²) >= 11 is 1.32. The number of nitrogens with zero attached hydrogens (tertiary/aromatic N) is 3. The lowest BCUT2D eigenvalue weighted by Gasteiger charge is -2.08. The molecule has 0 radical (unpaired) electrons. The van der Waals surface area contributed by atoms with Gasteiger partial charge in [-0.2, -0.15) is 0 Å². The largest absolute Gasteiger partial charge is 0.486 e. The summed E-state index contributed by atoms with van der Waals surface area (Å²) in [5, 5.41) is 9.03. The lowest BCUT2D eigenvalue weighted by Crippen LogP contribution is -2.00. The third kappa shape index (κ3) is 2.34. The van der Waals surface area contributed by atoms with Crippen LogP contribution in [-0.2, 0) is 6.61 Å². The molecule has 0 fully saturated rings. The number of rotatable bonds is 4. The van der Waals surface area contributed by atoms with Crippen LogP contribution in [0.3, 0.4) is 0 Å². The fraction of sp³-hybridized carbons (Fsp3) is 0.154. The Morgan fingerprint density at radius 2 is 2.21 bits per heavy atom. The van der Waals surface area contributed by atoms with Crippen molar-refractivity contribution in [2.24, 2.45) is 0 Å². The van der Waals surface area contributed by atoms with Gasteiger partial charge in [0.2, 0.25) is 0 Å². The number of nitrogens with one attached hydrogen (secondary N) is 1. The maximum atomic E-state index is 5.83. The Bertz CT molecular complexity index is 692. The highest BCUT2D eigenvalue weighted by atomic mass is 32.1. The highest BCUT2D eigenvalue weighted by Crippen LogP contribution is 2.25. The first-order valence-electron chi connectivity index (χ1n) is 5.84. The molecule has 3 aromatic rings. The number of hydrogen-bond acceptors (Lipinski definition) is 6. The molecular weight excluding hydrogens is 260 g/mol. The van der Waals surface area contributed by atoms with E-state index in [0.717, 1.165) is 27.3 Å². The second-order valence-electron chi connectivity index (χ2n) is 3.91. The topological polar surface area (TPSA) is 59.9 Å². The molecule has 3 rings (SSSR count). The maximum Gasteiger partial charge on any atom is 0.136 e. The summed E-state index contributed by atoms with van der Waals surface area (Å²) < 4.78 is 9.73. The number of fused-ring (bicyclic) bond motifs is 1. The molecule has 0 bridgehead atoms. The molecule has 0 aliphatic rings. The normalized spacial score (nSPS) is 10.6. The van der Waals surface area contributed by atoms with Gasteiger partial charge in [-0.1, -0.05) is 10.6 Å². The van der Waals surface area contributed by atoms with E-state index < -0.39 is 0 Å². The zero-order valence-corrected chi connectivity index (χ0v) is 11.1. The van der Waals surface area contributed by atoms with Gasteiger partial charge in [0.15, 0.2) is 0 Å². The van der Waals surface area contributed by atoms with Crippen LogP contribution in [0.25, 0.3) is 10.9 Å². The van der Waals surface area contributed by atoms with Crippen molar-refractivity contribution >= 4 is 27.4 Å². The summed E-state index contributed by atoms with van der Waals surface area (Å²) in [7, 11) is 1.85. The van der Waals surface area contributed by atoms with E-state index in [1.807, 2.05) is 37.4 Å². The molecule has 0 unspecified atom stereocenters. The van der Waals surface area contributed by atoms with Crippen molar-refractivity contribution in [1.82, 2.24) is 14.6 Å². The molecule has 0 saturated carbocycles. The Morgan fingerprint density at radius 1 is 1.26 bits per heavy atom. The Balaban J connectivity index is 1.86.